The van der Waals surface area contributed by atoms with Gasteiger partial charge in [-0.3, -0.25) is 0 Å². The maximum absolute atomic E-state index is 13.7. The highest BCUT2D eigenvalue weighted by Gasteiger charge is 2.72. The van der Waals surface area contributed by atoms with Gasteiger partial charge in [-0.1, -0.05) is 402 Å². The highest BCUT2D eigenvalue weighted by molar-refractivity contribution is 5.86. The van der Waals surface area contributed by atoms with Gasteiger partial charge in [0.15, 0.2) is 0 Å². The van der Waals surface area contributed by atoms with E-state index in [1.807, 2.05) is 0 Å². The average molecular weight is 1380 g/mol. The van der Waals surface area contributed by atoms with Crippen LogP contribution in [0.3, 0.4) is 0 Å². The predicted molar refractivity (Wildman–Crippen MR) is 427 cm³/mol. The van der Waals surface area contributed by atoms with Crippen molar-refractivity contribution in [1.29, 1.82) is 0 Å². The summed E-state index contributed by atoms with van der Waals surface area (Å²) in [4.78, 5) is 0. The van der Waals surface area contributed by atoms with Crippen LogP contribution >= 0.6 is 0 Å². The lowest BCUT2D eigenvalue weighted by Crippen LogP contribution is -2.54. The van der Waals surface area contributed by atoms with Crippen molar-refractivity contribution in [3.05, 3.63) is 414 Å². The van der Waals surface area contributed by atoms with E-state index in [9.17, 15) is 26.3 Å². The molecule has 102 heavy (non-hydrogen) atoms. The number of aryl methyl sites for hydroxylation is 12. The number of hydrogen-bond acceptors (Lipinski definition) is 0. The lowest BCUT2D eigenvalue weighted by Gasteiger charge is -2.38. The molecule has 0 heterocycles. The normalized spacial score (nSPS) is 11.5. The van der Waals surface area contributed by atoms with E-state index >= 15 is 0 Å². The fourth-order valence-corrected chi connectivity index (χ4v) is 12.4. The largest absolute Gasteiger partial charge is 0.411 e. The third-order valence-corrected chi connectivity index (χ3v) is 18.3. The summed E-state index contributed by atoms with van der Waals surface area (Å²) < 4.78 is 82.3. The molecule has 0 radical (unpaired) electrons. The first-order valence-electron chi connectivity index (χ1n) is 33.5. The van der Waals surface area contributed by atoms with Crippen LogP contribution in [0.15, 0.2) is 291 Å². The minimum Gasteiger partial charge on any atom is -0.169 e. The van der Waals surface area contributed by atoms with Crippen molar-refractivity contribution >= 4 is 0 Å². The van der Waals surface area contributed by atoms with Gasteiger partial charge < -0.3 is 0 Å². The summed E-state index contributed by atoms with van der Waals surface area (Å²) >= 11 is 0. The molecule has 0 unspecified atom stereocenters. The van der Waals surface area contributed by atoms with Gasteiger partial charge in [0.25, 0.3) is 0 Å². The first-order chi connectivity index (χ1) is 46.5. The molecule has 0 saturated carbocycles. The Labute approximate surface area is 609 Å². The van der Waals surface area contributed by atoms with Crippen LogP contribution in [-0.4, -0.2) is 12.4 Å². The lowest BCUT2D eigenvalue weighted by molar-refractivity contribution is -0.288. The van der Waals surface area contributed by atoms with Crippen molar-refractivity contribution in [2.75, 3.05) is 0 Å². The first kappa shape index (κ1) is 84.6. The van der Waals surface area contributed by atoms with Crippen LogP contribution < -0.4 is 0 Å². The second-order valence-corrected chi connectivity index (χ2v) is 26.9. The Bertz CT molecular complexity index is 4160. The van der Waals surface area contributed by atoms with Gasteiger partial charge in [0.05, 0.1) is 5.41 Å². The fourth-order valence-electron chi connectivity index (χ4n) is 12.4. The van der Waals surface area contributed by atoms with E-state index in [2.05, 4.69) is 326 Å². The van der Waals surface area contributed by atoms with Gasteiger partial charge in [0.1, 0.15) is 0 Å². The molecule has 0 N–H and O–H groups in total. The monoisotopic (exact) mass is 1370 g/mol. The molecule has 13 rings (SSSR count). The molecular formula is C96H108F6. The van der Waals surface area contributed by atoms with E-state index < -0.39 is 28.9 Å². The molecule has 0 aromatic heterocycles. The summed E-state index contributed by atoms with van der Waals surface area (Å²) in [7, 11) is 0. The molecule has 0 saturated heterocycles. The minimum absolute atomic E-state index is 0. The van der Waals surface area contributed by atoms with E-state index in [-0.39, 0.29) is 40.5 Å². The Kier molecular flexibility index (Phi) is 30.9. The molecule has 0 aliphatic heterocycles. The number of benzene rings is 12. The topological polar surface area (TPSA) is 0 Å². The molecule has 534 valence electrons. The molecule has 0 spiro atoms. The Hall–Kier alpha value is -9.78. The van der Waals surface area contributed by atoms with Gasteiger partial charge in [-0.25, -0.2) is 0 Å². The summed E-state index contributed by atoms with van der Waals surface area (Å²) in [6.07, 6.45) is -10.0. The highest BCUT2D eigenvalue weighted by atomic mass is 19.4. The fraction of sp³-hybridized carbons (Fsp3) is 0.250. The van der Waals surface area contributed by atoms with Crippen LogP contribution in [0, 0.1) is 83.1 Å². The summed E-state index contributed by atoms with van der Waals surface area (Å²) in [5, 5.41) is 0. The van der Waals surface area contributed by atoms with Crippen molar-refractivity contribution in [1.82, 2.24) is 0 Å². The zero-order valence-corrected chi connectivity index (χ0v) is 59.2. The Balaban J connectivity index is 0.000000269. The van der Waals surface area contributed by atoms with Crippen LogP contribution in [0.1, 0.15) is 166 Å². The molecule has 12 aromatic rings. The molecule has 0 fully saturated rings. The first-order valence-corrected chi connectivity index (χ1v) is 33.5. The number of rotatable bonds is 8. The van der Waals surface area contributed by atoms with Crippen LogP contribution in [0.4, 0.5) is 26.3 Å². The molecule has 0 bridgehead atoms. The number of halogens is 6. The third kappa shape index (κ3) is 20.7. The zero-order chi connectivity index (χ0) is 71.0. The third-order valence-electron chi connectivity index (χ3n) is 18.3. The molecule has 0 atom stereocenters. The molecular weight excluding hydrogens is 1270 g/mol. The second kappa shape index (κ2) is 37.2. The van der Waals surface area contributed by atoms with E-state index in [1.165, 1.54) is 136 Å². The molecule has 1 aliphatic rings. The van der Waals surface area contributed by atoms with Gasteiger partial charge in [0, 0.05) is 5.41 Å². The van der Waals surface area contributed by atoms with Crippen LogP contribution in [-0.2, 0) is 22.7 Å². The van der Waals surface area contributed by atoms with Crippen LogP contribution in [0.25, 0.3) is 11.1 Å². The van der Waals surface area contributed by atoms with Gasteiger partial charge in [0.2, 0.25) is 5.41 Å². The van der Waals surface area contributed by atoms with Gasteiger partial charge in [-0.05, 0) is 156 Å². The Morgan fingerprint density at radius 3 is 0.716 bits per heavy atom. The van der Waals surface area contributed by atoms with Crippen molar-refractivity contribution in [2.24, 2.45) is 0 Å². The summed E-state index contributed by atoms with van der Waals surface area (Å²) in [5.74, 6) is 0. The number of fused-ring (bicyclic) bond motifs is 3. The number of alkyl halides is 6. The highest BCUT2D eigenvalue weighted by Crippen LogP contribution is 2.57. The smallest absolute Gasteiger partial charge is 0.169 e. The molecule has 0 nitrogen and oxygen atoms in total. The molecule has 1 aliphatic carbocycles. The van der Waals surface area contributed by atoms with E-state index in [4.69, 9.17) is 0 Å². The maximum atomic E-state index is 13.7. The zero-order valence-electron chi connectivity index (χ0n) is 59.2. The van der Waals surface area contributed by atoms with Crippen molar-refractivity contribution in [2.45, 2.75) is 162 Å². The molecule has 0 amide bonds. The number of hydrogen-bond donors (Lipinski definition) is 0. The van der Waals surface area contributed by atoms with Crippen LogP contribution in [0.5, 0.6) is 0 Å². The van der Waals surface area contributed by atoms with Crippen LogP contribution in [0.2, 0.25) is 0 Å². The van der Waals surface area contributed by atoms with Gasteiger partial charge in [-0.15, -0.1) is 0 Å². The van der Waals surface area contributed by atoms with Gasteiger partial charge in [-0.2, -0.15) is 26.3 Å². The Morgan fingerprint density at radius 1 is 0.245 bits per heavy atom. The minimum atomic E-state index is -5.53. The Morgan fingerprint density at radius 2 is 0.471 bits per heavy atom. The summed E-state index contributed by atoms with van der Waals surface area (Å²) in [5.41, 5.74) is 22.0. The van der Waals surface area contributed by atoms with E-state index in [0.29, 0.717) is 11.1 Å². The SMILES string of the molecule is C.C.C.C.Cc1ccc(C(C)(C)c2ccc(C)cc2)cc1.Cc1ccc(C(c2ccc(C)cc2)(C(F)(F)F)C(F)(F)F)cc1.Cc1ccc(C)cc1.Cc1ccc(C2(c3ccc(C)cc3)c3ccccc3-c3ccccc32)cc1.Cc1ccc(Cc2ccc(C)cc2)cc1.Cc1cccc(C)c1. The summed E-state index contributed by atoms with van der Waals surface area (Å²) in [6.45, 7) is 29.0. The van der Waals surface area contributed by atoms with Gasteiger partial charge >= 0.3 is 12.4 Å². The summed E-state index contributed by atoms with van der Waals surface area (Å²) in [6, 6.07) is 96.5. The lowest BCUT2D eigenvalue weighted by atomic mass is 9.67. The quantitative estimate of drug-likeness (QED) is 0.133. The average Bonchev–Trinajstić information content (AvgIpc) is 1.44. The van der Waals surface area contributed by atoms with E-state index in [0.717, 1.165) is 30.7 Å². The maximum Gasteiger partial charge on any atom is 0.411 e. The van der Waals surface area contributed by atoms with E-state index in [1.54, 1.807) is 13.8 Å². The predicted octanol–water partition coefficient (Wildman–Crippen LogP) is 28.1. The van der Waals surface area contributed by atoms with Crippen molar-refractivity contribution in [3.8, 4) is 11.1 Å². The molecule has 6 heteroatoms. The molecule has 12 aromatic carbocycles. The van der Waals surface area contributed by atoms with Crippen molar-refractivity contribution < 1.29 is 26.3 Å². The second-order valence-electron chi connectivity index (χ2n) is 26.9. The standard InChI is InChI=1S/C27H22.C17H14F6.C17H20.C15H16.2C8H10.4CH4/c1-19-11-15-21(16-12-19)27(22-17-13-20(2)14-18-22)25-9-5-3-7-23(25)24-8-4-6-10-26(24)27;1-11-3-7-13(8-4-11)15(16(18,19)20,17(21,22)23)14-9-5-12(2)6-10-14;1-13-5-9-15(10-6-13)17(3,4)16-11-7-14(2)8-12-16;1-12-3-7-14(8-4-12)11-15-9-5-13(2)6-10-15;1-7-3-5-8(2)6-4-7;1-7-4-3-5-8(2)6-7;;;;/h3-18H,1-2H3;3-10H,1-2H3;5-12H,1-4H3;3-10H,11H2,1-2H3;2*3-6H,1-2H3;4*1H4. The van der Waals surface area contributed by atoms with Crippen molar-refractivity contribution in [3.63, 3.8) is 0 Å².